The molecule has 0 aromatic carbocycles. The van der Waals surface area contributed by atoms with Crippen molar-refractivity contribution in [3.05, 3.63) is 24.2 Å². The lowest BCUT2D eigenvalue weighted by Crippen LogP contribution is -2.36. The van der Waals surface area contributed by atoms with Crippen molar-refractivity contribution in [3.8, 4) is 0 Å². The molecule has 1 aliphatic heterocycles. The first kappa shape index (κ1) is 11.0. The topological polar surface area (TPSA) is 59.7 Å². The van der Waals surface area contributed by atoms with Crippen molar-refractivity contribution in [1.82, 2.24) is 0 Å². The second-order valence-electron chi connectivity index (χ2n) is 5.15. The molecule has 92 valence electrons. The molecular weight excluding hydrogens is 220 g/mol. The van der Waals surface area contributed by atoms with Crippen LogP contribution in [0.2, 0.25) is 0 Å². The predicted octanol–water partition coefficient (Wildman–Crippen LogP) is 1.70. The van der Waals surface area contributed by atoms with Crippen LogP contribution in [0.5, 0.6) is 0 Å². The van der Waals surface area contributed by atoms with Gasteiger partial charge in [-0.15, -0.1) is 0 Å². The van der Waals surface area contributed by atoms with Gasteiger partial charge in [-0.1, -0.05) is 6.92 Å². The Bertz CT molecular complexity index is 425. The Balaban J connectivity index is 1.98. The van der Waals surface area contributed by atoms with Gasteiger partial charge < -0.3 is 14.3 Å². The molecule has 0 radical (unpaired) electrons. The summed E-state index contributed by atoms with van der Waals surface area (Å²) >= 11 is 0. The Morgan fingerprint density at radius 1 is 1.53 bits per heavy atom. The van der Waals surface area contributed by atoms with Crippen LogP contribution in [-0.4, -0.2) is 23.3 Å². The number of aliphatic hydroxyl groups is 1. The van der Waals surface area contributed by atoms with E-state index >= 15 is 0 Å². The van der Waals surface area contributed by atoms with Crippen LogP contribution in [0.15, 0.2) is 22.8 Å². The molecule has 2 fully saturated rings. The Labute approximate surface area is 99.6 Å². The minimum absolute atomic E-state index is 0.0315. The number of furan rings is 1. The van der Waals surface area contributed by atoms with E-state index in [4.69, 9.17) is 9.15 Å². The fourth-order valence-corrected chi connectivity index (χ4v) is 3.09. The maximum atomic E-state index is 11.8. The smallest absolute Gasteiger partial charge is 0.175 e. The normalized spacial score (nSPS) is 41.5. The summed E-state index contributed by atoms with van der Waals surface area (Å²) in [6.45, 7) is 2.45. The van der Waals surface area contributed by atoms with Gasteiger partial charge >= 0.3 is 0 Å². The fraction of sp³-hybridized carbons (Fsp3) is 0.615. The molecule has 0 amide bonds. The number of carbonyl (C=O) groups excluding carboxylic acids is 1. The standard InChI is InChI=1S/C13H16O4/c1-8-11-7-17-13(8,15)6-9(14)5-10(11)12-3-2-4-16-12/h2-4,8,10-11,15H,5-7H2,1H3/t8-,10-,11+,13+/m1/s1. The number of rotatable bonds is 1. The van der Waals surface area contributed by atoms with E-state index in [0.29, 0.717) is 13.0 Å². The largest absolute Gasteiger partial charge is 0.469 e. The summed E-state index contributed by atoms with van der Waals surface area (Å²) in [5.41, 5.74) is 0. The van der Waals surface area contributed by atoms with Gasteiger partial charge in [0, 0.05) is 24.2 Å². The summed E-state index contributed by atoms with van der Waals surface area (Å²) in [4.78, 5) is 11.8. The Morgan fingerprint density at radius 3 is 3.06 bits per heavy atom. The first-order valence-corrected chi connectivity index (χ1v) is 6.01. The molecule has 17 heavy (non-hydrogen) atoms. The highest BCUT2D eigenvalue weighted by Crippen LogP contribution is 2.48. The molecule has 1 saturated carbocycles. The minimum Gasteiger partial charge on any atom is -0.469 e. The highest BCUT2D eigenvalue weighted by atomic mass is 16.6. The highest BCUT2D eigenvalue weighted by molar-refractivity contribution is 5.80. The van der Waals surface area contributed by atoms with Gasteiger partial charge in [-0.25, -0.2) is 0 Å². The van der Waals surface area contributed by atoms with Gasteiger partial charge in [0.2, 0.25) is 0 Å². The summed E-state index contributed by atoms with van der Waals surface area (Å²) in [7, 11) is 0. The van der Waals surface area contributed by atoms with Gasteiger partial charge in [0.1, 0.15) is 11.5 Å². The first-order chi connectivity index (χ1) is 8.10. The van der Waals surface area contributed by atoms with Gasteiger partial charge in [-0.05, 0) is 12.1 Å². The van der Waals surface area contributed by atoms with Crippen molar-refractivity contribution in [2.75, 3.05) is 6.61 Å². The Kier molecular flexibility index (Phi) is 2.38. The SMILES string of the molecule is C[C@@H]1[C@@H]2CO[C@@]1(O)CC(=O)C[C@H]2c1ccco1. The minimum atomic E-state index is -1.26. The zero-order valence-corrected chi connectivity index (χ0v) is 9.76. The van der Waals surface area contributed by atoms with E-state index in [0.717, 1.165) is 5.76 Å². The van der Waals surface area contributed by atoms with Crippen molar-refractivity contribution >= 4 is 5.78 Å². The van der Waals surface area contributed by atoms with Crippen molar-refractivity contribution in [1.29, 1.82) is 0 Å². The molecule has 0 unspecified atom stereocenters. The zero-order valence-electron chi connectivity index (χ0n) is 9.76. The van der Waals surface area contributed by atoms with Crippen LogP contribution in [-0.2, 0) is 9.53 Å². The maximum absolute atomic E-state index is 11.8. The number of Topliss-reactive ketones (excluding diaryl/α,β-unsaturated/α-hetero) is 1. The number of fused-ring (bicyclic) bond motifs is 2. The molecule has 2 bridgehead atoms. The summed E-state index contributed by atoms with van der Waals surface area (Å²) < 4.78 is 10.9. The number of ketones is 1. The van der Waals surface area contributed by atoms with Crippen LogP contribution >= 0.6 is 0 Å². The highest BCUT2D eigenvalue weighted by Gasteiger charge is 2.53. The molecule has 1 aromatic heterocycles. The van der Waals surface area contributed by atoms with Crippen LogP contribution < -0.4 is 0 Å². The molecule has 1 aromatic rings. The lowest BCUT2D eigenvalue weighted by molar-refractivity contribution is -0.195. The third-order valence-electron chi connectivity index (χ3n) is 4.20. The third kappa shape index (κ3) is 1.63. The van der Waals surface area contributed by atoms with Gasteiger partial charge in [0.25, 0.3) is 0 Å². The van der Waals surface area contributed by atoms with E-state index in [1.165, 1.54) is 0 Å². The third-order valence-corrected chi connectivity index (χ3v) is 4.20. The van der Waals surface area contributed by atoms with Crippen molar-refractivity contribution in [3.63, 3.8) is 0 Å². The van der Waals surface area contributed by atoms with Crippen LogP contribution in [0.1, 0.15) is 31.4 Å². The van der Waals surface area contributed by atoms with Gasteiger partial charge in [-0.3, -0.25) is 4.79 Å². The molecule has 4 atom stereocenters. The molecule has 4 heteroatoms. The monoisotopic (exact) mass is 236 g/mol. The number of carbonyl (C=O) groups is 1. The average molecular weight is 236 g/mol. The Morgan fingerprint density at radius 2 is 2.35 bits per heavy atom. The second-order valence-corrected chi connectivity index (χ2v) is 5.15. The summed E-state index contributed by atoms with van der Waals surface area (Å²) in [5, 5.41) is 10.3. The maximum Gasteiger partial charge on any atom is 0.175 e. The van der Waals surface area contributed by atoms with Crippen molar-refractivity contribution in [2.24, 2.45) is 11.8 Å². The van der Waals surface area contributed by atoms with Gasteiger partial charge in [0.05, 0.1) is 19.3 Å². The quantitative estimate of drug-likeness (QED) is 0.806. The molecular formula is C13H16O4. The summed E-state index contributed by atoms with van der Waals surface area (Å²) in [5.74, 6) is -0.248. The van der Waals surface area contributed by atoms with Gasteiger partial charge in [-0.2, -0.15) is 0 Å². The second kappa shape index (κ2) is 3.68. The lowest BCUT2D eigenvalue weighted by atomic mass is 9.81. The lowest BCUT2D eigenvalue weighted by Gasteiger charge is -2.25. The van der Waals surface area contributed by atoms with E-state index in [9.17, 15) is 9.90 Å². The number of hydrogen-bond acceptors (Lipinski definition) is 4. The molecule has 4 nitrogen and oxygen atoms in total. The van der Waals surface area contributed by atoms with E-state index in [2.05, 4.69) is 0 Å². The molecule has 3 rings (SSSR count). The molecule has 1 N–H and O–H groups in total. The first-order valence-electron chi connectivity index (χ1n) is 6.01. The van der Waals surface area contributed by atoms with Crippen LogP contribution in [0.3, 0.4) is 0 Å². The molecule has 1 aliphatic carbocycles. The zero-order chi connectivity index (χ0) is 12.0. The van der Waals surface area contributed by atoms with Crippen LogP contribution in [0.25, 0.3) is 0 Å². The average Bonchev–Trinajstić information content (AvgIpc) is 2.84. The predicted molar refractivity (Wildman–Crippen MR) is 59.2 cm³/mol. The van der Waals surface area contributed by atoms with E-state index in [1.807, 2.05) is 19.1 Å². The summed E-state index contributed by atoms with van der Waals surface area (Å²) in [6.07, 6.45) is 2.16. The van der Waals surface area contributed by atoms with Gasteiger partial charge in [0.15, 0.2) is 5.79 Å². The van der Waals surface area contributed by atoms with Crippen LogP contribution in [0, 0.1) is 11.8 Å². The molecule has 2 heterocycles. The summed E-state index contributed by atoms with van der Waals surface area (Å²) in [6, 6.07) is 3.73. The number of hydrogen-bond donors (Lipinski definition) is 1. The molecule has 1 saturated heterocycles. The van der Waals surface area contributed by atoms with E-state index in [1.54, 1.807) is 6.26 Å². The van der Waals surface area contributed by atoms with Crippen molar-refractivity contribution < 1.29 is 19.1 Å². The van der Waals surface area contributed by atoms with E-state index in [-0.39, 0.29) is 30.0 Å². The number of ether oxygens (including phenoxy) is 1. The fourth-order valence-electron chi connectivity index (χ4n) is 3.09. The van der Waals surface area contributed by atoms with Crippen molar-refractivity contribution in [2.45, 2.75) is 31.5 Å². The Hall–Kier alpha value is -1.13. The molecule has 2 aliphatic rings. The van der Waals surface area contributed by atoms with Crippen LogP contribution in [0.4, 0.5) is 0 Å². The molecule has 0 spiro atoms. The van der Waals surface area contributed by atoms with E-state index < -0.39 is 5.79 Å².